The first-order chi connectivity index (χ1) is 23.7. The molecule has 0 bridgehead atoms. The van der Waals surface area contributed by atoms with Crippen molar-refractivity contribution >= 4 is 45.6 Å². The molecule has 0 aliphatic carbocycles. The number of fused-ring (bicyclic) bond motifs is 1. The first-order valence-electron chi connectivity index (χ1n) is 16.1. The summed E-state index contributed by atoms with van der Waals surface area (Å²) in [6.07, 6.45) is 1.83. The van der Waals surface area contributed by atoms with E-state index in [2.05, 4.69) is 47.5 Å². The van der Waals surface area contributed by atoms with E-state index in [-0.39, 0.29) is 29.9 Å². The molecule has 3 N–H and O–H groups in total. The topological polar surface area (TPSA) is 100 Å². The Hall–Kier alpha value is -5.47. The average Bonchev–Trinajstić information content (AvgIpc) is 3.51. The number of nitrogens with one attached hydrogen (secondary N) is 2. The molecule has 1 fully saturated rings. The third-order valence-electron chi connectivity index (χ3n) is 8.77. The fourth-order valence-electron chi connectivity index (χ4n) is 6.35. The van der Waals surface area contributed by atoms with Gasteiger partial charge in [-0.2, -0.15) is 0 Å². The van der Waals surface area contributed by atoms with Crippen molar-refractivity contribution in [3.63, 3.8) is 0 Å². The van der Waals surface area contributed by atoms with E-state index in [1.165, 1.54) is 28.5 Å². The van der Waals surface area contributed by atoms with Gasteiger partial charge < -0.3 is 30.1 Å². The van der Waals surface area contributed by atoms with E-state index < -0.39 is 5.97 Å². The highest BCUT2D eigenvalue weighted by Gasteiger charge is 2.35. The third-order valence-corrected chi connectivity index (χ3v) is 9.10. The van der Waals surface area contributed by atoms with Crippen LogP contribution in [0.4, 0.5) is 11.4 Å². The summed E-state index contributed by atoms with van der Waals surface area (Å²) in [5.74, 6) is 0.927. The maximum atomic E-state index is 13.9. The molecule has 2 atom stereocenters. The highest BCUT2D eigenvalue weighted by molar-refractivity contribution is 6.33. The van der Waals surface area contributed by atoms with Crippen molar-refractivity contribution in [2.24, 2.45) is 5.92 Å². The predicted octanol–water partition coefficient (Wildman–Crippen LogP) is 8.28. The van der Waals surface area contributed by atoms with E-state index in [0.29, 0.717) is 41.2 Å². The lowest BCUT2D eigenvalue weighted by Gasteiger charge is -2.25. The van der Waals surface area contributed by atoms with Gasteiger partial charge in [-0.05, 0) is 89.2 Å². The van der Waals surface area contributed by atoms with Crippen molar-refractivity contribution in [1.82, 2.24) is 4.90 Å². The number of carboxylic acids is 1. The number of methoxy groups -OCH3 is 1. The molecule has 1 saturated heterocycles. The molecule has 2 unspecified atom stereocenters. The lowest BCUT2D eigenvalue weighted by Crippen LogP contribution is -2.40. The fourth-order valence-corrected chi connectivity index (χ4v) is 6.54. The molecule has 1 aliphatic rings. The van der Waals surface area contributed by atoms with E-state index in [4.69, 9.17) is 21.1 Å². The Morgan fingerprint density at radius 3 is 2.35 bits per heavy atom. The average molecular weight is 676 g/mol. The van der Waals surface area contributed by atoms with Crippen molar-refractivity contribution in [3.8, 4) is 11.5 Å². The molecule has 49 heavy (non-hydrogen) atoms. The monoisotopic (exact) mass is 675 g/mol. The van der Waals surface area contributed by atoms with Crippen molar-refractivity contribution in [1.29, 1.82) is 0 Å². The number of ether oxygens (including phenoxy) is 2. The zero-order valence-corrected chi connectivity index (χ0v) is 28.0. The molecule has 8 nitrogen and oxygen atoms in total. The van der Waals surface area contributed by atoms with Crippen LogP contribution in [0.15, 0.2) is 122 Å². The summed E-state index contributed by atoms with van der Waals surface area (Å²) >= 11 is 6.28. The Morgan fingerprint density at radius 2 is 1.59 bits per heavy atom. The second-order valence-corrected chi connectivity index (χ2v) is 12.7. The molecule has 5 aromatic carbocycles. The molecule has 9 heteroatoms. The quantitative estimate of drug-likeness (QED) is 0.116. The zero-order valence-electron chi connectivity index (χ0n) is 27.2. The summed E-state index contributed by atoms with van der Waals surface area (Å²) in [5.41, 5.74) is 3.67. The molecule has 250 valence electrons. The molecular weight excluding hydrogens is 638 g/mol. The van der Waals surface area contributed by atoms with Gasteiger partial charge in [0, 0.05) is 6.54 Å². The summed E-state index contributed by atoms with van der Waals surface area (Å²) in [6, 6.07) is 34.1. The number of carbonyl (C=O) groups is 2. The number of rotatable bonds is 13. The van der Waals surface area contributed by atoms with Crippen molar-refractivity contribution in [2.75, 3.05) is 30.9 Å². The number of likely N-dealkylation sites (tertiary alicyclic amines) is 1. The van der Waals surface area contributed by atoms with Gasteiger partial charge in [0.2, 0.25) is 5.91 Å². The Morgan fingerprint density at radius 1 is 0.878 bits per heavy atom. The Kier molecular flexibility index (Phi) is 10.4. The van der Waals surface area contributed by atoms with Gasteiger partial charge >= 0.3 is 5.97 Å². The van der Waals surface area contributed by atoms with Crippen LogP contribution < -0.4 is 20.1 Å². The van der Waals surface area contributed by atoms with Gasteiger partial charge in [-0.3, -0.25) is 4.79 Å². The minimum atomic E-state index is -0.991. The summed E-state index contributed by atoms with van der Waals surface area (Å²) in [7, 11) is 1.59. The number of carboxylic acid groups (broad SMARTS) is 1. The van der Waals surface area contributed by atoms with Crippen LogP contribution in [0.5, 0.6) is 11.5 Å². The van der Waals surface area contributed by atoms with Crippen LogP contribution in [0, 0.1) is 5.92 Å². The second-order valence-electron chi connectivity index (χ2n) is 12.2. The zero-order chi connectivity index (χ0) is 34.3. The molecule has 1 aliphatic heterocycles. The highest BCUT2D eigenvalue weighted by atomic mass is 35.5. The van der Waals surface area contributed by atoms with E-state index in [1.807, 2.05) is 53.4 Å². The number of carbonyl (C=O) groups excluding carboxylic acids is 1. The van der Waals surface area contributed by atoms with Crippen LogP contribution in [-0.2, 0) is 17.6 Å². The van der Waals surface area contributed by atoms with Gasteiger partial charge in [0.15, 0.2) is 0 Å². The standard InChI is InChI=1S/C40H38ClN3O5/c1-26(42-36-10-6-5-9-35(36)41)43-37-18-12-28(22-38(37)48-2)23-39(45)44-24-29(19-27-11-13-30-7-3-4-8-32(30)20-27)21-33(44)25-49-34-16-14-31(15-17-34)40(46)47/h3-18,20,22,29,33,42-43H,1,19,21,23-25H2,2H3,(H,46,47). The molecule has 0 radical (unpaired) electrons. The van der Waals surface area contributed by atoms with Crippen LogP contribution >= 0.6 is 11.6 Å². The Balaban J connectivity index is 1.15. The van der Waals surface area contributed by atoms with Crippen LogP contribution in [-0.4, -0.2) is 48.2 Å². The number of anilines is 2. The first kappa shape index (κ1) is 33.4. The van der Waals surface area contributed by atoms with Gasteiger partial charge in [0.05, 0.1) is 41.5 Å². The van der Waals surface area contributed by atoms with Gasteiger partial charge in [-0.25, -0.2) is 4.79 Å². The Labute approximate surface area is 290 Å². The third kappa shape index (κ3) is 8.34. The molecule has 0 aromatic heterocycles. The lowest BCUT2D eigenvalue weighted by molar-refractivity contribution is -0.131. The number of aromatic carboxylic acids is 1. The van der Waals surface area contributed by atoms with Crippen molar-refractivity contribution in [3.05, 3.63) is 143 Å². The van der Waals surface area contributed by atoms with Gasteiger partial charge in [-0.1, -0.05) is 78.8 Å². The first-order valence-corrected chi connectivity index (χ1v) is 16.5. The number of hydrogen-bond donors (Lipinski definition) is 3. The predicted molar refractivity (Wildman–Crippen MR) is 195 cm³/mol. The van der Waals surface area contributed by atoms with E-state index in [0.717, 1.165) is 24.1 Å². The number of halogens is 1. The summed E-state index contributed by atoms with van der Waals surface area (Å²) in [5, 5.41) is 18.6. The molecule has 1 amide bonds. The molecule has 0 spiro atoms. The molecule has 1 heterocycles. The maximum Gasteiger partial charge on any atom is 0.335 e. The molecule has 0 saturated carbocycles. The lowest BCUT2D eigenvalue weighted by atomic mass is 9.95. The van der Waals surface area contributed by atoms with Crippen LogP contribution in [0.3, 0.4) is 0 Å². The summed E-state index contributed by atoms with van der Waals surface area (Å²) in [4.78, 5) is 27.2. The molecule has 6 rings (SSSR count). The van der Waals surface area contributed by atoms with Crippen LogP contribution in [0.25, 0.3) is 10.8 Å². The van der Waals surface area contributed by atoms with E-state index >= 15 is 0 Å². The highest BCUT2D eigenvalue weighted by Crippen LogP contribution is 2.32. The number of para-hydroxylation sites is 1. The summed E-state index contributed by atoms with van der Waals surface area (Å²) < 4.78 is 11.8. The largest absolute Gasteiger partial charge is 0.495 e. The molecule has 5 aromatic rings. The smallest absolute Gasteiger partial charge is 0.335 e. The fraction of sp³-hybridized carbons (Fsp3) is 0.200. The van der Waals surface area contributed by atoms with Gasteiger partial charge in [-0.15, -0.1) is 0 Å². The number of benzene rings is 5. The number of hydrogen-bond acceptors (Lipinski definition) is 6. The van der Waals surface area contributed by atoms with E-state index in [9.17, 15) is 14.7 Å². The minimum Gasteiger partial charge on any atom is -0.495 e. The number of amides is 1. The van der Waals surface area contributed by atoms with Gasteiger partial charge in [0.1, 0.15) is 23.9 Å². The van der Waals surface area contributed by atoms with Crippen molar-refractivity contribution in [2.45, 2.75) is 25.3 Å². The SMILES string of the molecule is C=C(Nc1ccccc1Cl)Nc1ccc(CC(=O)N2CC(Cc3ccc4ccccc4c3)CC2COc2ccc(C(=O)O)cc2)cc1OC. The van der Waals surface area contributed by atoms with Crippen LogP contribution in [0.2, 0.25) is 5.02 Å². The summed E-state index contributed by atoms with van der Waals surface area (Å²) in [6.45, 7) is 4.98. The maximum absolute atomic E-state index is 13.9. The molecular formula is C40H38ClN3O5. The van der Waals surface area contributed by atoms with Gasteiger partial charge in [0.25, 0.3) is 0 Å². The second kappa shape index (κ2) is 15.2. The normalized spacial score (nSPS) is 15.5. The van der Waals surface area contributed by atoms with Crippen LogP contribution in [0.1, 0.15) is 27.9 Å². The Bertz CT molecular complexity index is 1980. The minimum absolute atomic E-state index is 0.00314. The van der Waals surface area contributed by atoms with Crippen molar-refractivity contribution < 1.29 is 24.2 Å². The number of nitrogens with zero attached hydrogens (tertiary/aromatic N) is 1. The van der Waals surface area contributed by atoms with E-state index in [1.54, 1.807) is 25.3 Å².